The van der Waals surface area contributed by atoms with Crippen molar-refractivity contribution in [3.63, 3.8) is 0 Å². The Balaban J connectivity index is 2.72. The van der Waals surface area contributed by atoms with Gasteiger partial charge in [-0.05, 0) is 24.3 Å². The highest BCUT2D eigenvalue weighted by Gasteiger charge is 2.17. The van der Waals surface area contributed by atoms with Crippen LogP contribution >= 0.6 is 15.9 Å². The predicted molar refractivity (Wildman–Crippen MR) is 74.4 cm³/mol. The lowest BCUT2D eigenvalue weighted by atomic mass is 10.2. The lowest BCUT2D eigenvalue weighted by Gasteiger charge is -2.11. The Morgan fingerprint density at radius 3 is 2.75 bits per heavy atom. The molecular formula is C13H13BrFNO4. The van der Waals surface area contributed by atoms with E-state index in [1.54, 1.807) is 0 Å². The molecule has 0 unspecified atom stereocenters. The van der Waals surface area contributed by atoms with Gasteiger partial charge in [-0.25, -0.2) is 9.18 Å². The Bertz CT molecular complexity index is 533. The van der Waals surface area contributed by atoms with Gasteiger partial charge in [0, 0.05) is 29.1 Å². The van der Waals surface area contributed by atoms with E-state index >= 15 is 0 Å². The van der Waals surface area contributed by atoms with E-state index in [1.807, 2.05) is 0 Å². The molecule has 1 rings (SSSR count). The van der Waals surface area contributed by atoms with E-state index < -0.39 is 23.7 Å². The highest BCUT2D eigenvalue weighted by molar-refractivity contribution is 9.10. The van der Waals surface area contributed by atoms with Crippen molar-refractivity contribution in [2.24, 2.45) is 0 Å². The first-order valence-electron chi connectivity index (χ1n) is 5.71. The molecule has 3 N–H and O–H groups in total. The lowest BCUT2D eigenvalue weighted by Crippen LogP contribution is -2.40. The van der Waals surface area contributed by atoms with Crippen LogP contribution in [0.5, 0.6) is 0 Å². The van der Waals surface area contributed by atoms with E-state index in [2.05, 4.69) is 21.2 Å². The standard InChI is InChI=1S/C13H13BrFNO4/c14-9-2-3-10(15)8(7-9)1-4-12(18)16-11(5-6-17)13(19)20/h1-4,7,11,17H,5-6H2,(H,16,18)(H,19,20)/b4-1+/t11-/m1/s1. The number of aliphatic carboxylic acids is 1. The molecule has 0 heterocycles. The molecule has 7 heteroatoms. The highest BCUT2D eigenvalue weighted by Crippen LogP contribution is 2.16. The Labute approximate surface area is 123 Å². The first-order chi connectivity index (χ1) is 9.43. The topological polar surface area (TPSA) is 86.6 Å². The summed E-state index contributed by atoms with van der Waals surface area (Å²) in [5, 5.41) is 19.7. The van der Waals surface area contributed by atoms with Crippen LogP contribution in [0.25, 0.3) is 6.08 Å². The zero-order chi connectivity index (χ0) is 15.1. The molecule has 0 radical (unpaired) electrons. The summed E-state index contributed by atoms with van der Waals surface area (Å²) in [5.41, 5.74) is 0.198. The van der Waals surface area contributed by atoms with Crippen LogP contribution in [-0.2, 0) is 9.59 Å². The van der Waals surface area contributed by atoms with E-state index in [-0.39, 0.29) is 18.6 Å². The van der Waals surface area contributed by atoms with Crippen molar-refractivity contribution < 1.29 is 24.2 Å². The van der Waals surface area contributed by atoms with Crippen LogP contribution in [0.4, 0.5) is 4.39 Å². The molecule has 0 aliphatic carbocycles. The summed E-state index contributed by atoms with van der Waals surface area (Å²) in [6.07, 6.45) is 2.19. The third-order valence-electron chi connectivity index (χ3n) is 2.40. The first kappa shape index (κ1) is 16.3. The molecule has 5 nitrogen and oxygen atoms in total. The molecule has 20 heavy (non-hydrogen) atoms. The zero-order valence-electron chi connectivity index (χ0n) is 10.3. The molecule has 0 aromatic heterocycles. The van der Waals surface area contributed by atoms with Crippen LogP contribution in [0.15, 0.2) is 28.7 Å². The van der Waals surface area contributed by atoms with E-state index in [0.29, 0.717) is 4.47 Å². The molecule has 0 saturated heterocycles. The molecule has 1 aromatic rings. The number of halogens is 2. The second kappa shape index (κ2) is 7.76. The fraction of sp³-hybridized carbons (Fsp3) is 0.231. The number of aliphatic hydroxyl groups is 1. The fourth-order valence-electron chi connectivity index (χ4n) is 1.41. The lowest BCUT2D eigenvalue weighted by molar-refractivity contribution is -0.141. The third-order valence-corrected chi connectivity index (χ3v) is 2.90. The van der Waals surface area contributed by atoms with Gasteiger partial charge in [0.15, 0.2) is 0 Å². The highest BCUT2D eigenvalue weighted by atomic mass is 79.9. The smallest absolute Gasteiger partial charge is 0.326 e. The van der Waals surface area contributed by atoms with Gasteiger partial charge in [0.25, 0.3) is 0 Å². The predicted octanol–water partition coefficient (Wildman–Crippen LogP) is 1.55. The molecule has 1 aromatic carbocycles. The number of carbonyl (C=O) groups is 2. The quantitative estimate of drug-likeness (QED) is 0.683. The summed E-state index contributed by atoms with van der Waals surface area (Å²) in [7, 11) is 0. The van der Waals surface area contributed by atoms with Crippen molar-refractivity contribution in [3.8, 4) is 0 Å². The number of carbonyl (C=O) groups excluding carboxylic acids is 1. The Morgan fingerprint density at radius 1 is 1.45 bits per heavy atom. The summed E-state index contributed by atoms with van der Waals surface area (Å²) < 4.78 is 14.1. The van der Waals surface area contributed by atoms with Gasteiger partial charge in [0.2, 0.25) is 5.91 Å². The van der Waals surface area contributed by atoms with Crippen molar-refractivity contribution >= 4 is 33.9 Å². The maximum atomic E-state index is 13.4. The van der Waals surface area contributed by atoms with Gasteiger partial charge in [0.1, 0.15) is 11.9 Å². The van der Waals surface area contributed by atoms with Crippen molar-refractivity contribution in [1.82, 2.24) is 5.32 Å². The van der Waals surface area contributed by atoms with Crippen molar-refractivity contribution in [3.05, 3.63) is 40.1 Å². The second-order valence-electron chi connectivity index (χ2n) is 3.91. The first-order valence-corrected chi connectivity index (χ1v) is 6.50. The molecule has 0 saturated carbocycles. The van der Waals surface area contributed by atoms with E-state index in [4.69, 9.17) is 10.2 Å². The minimum absolute atomic E-state index is 0.0971. The minimum atomic E-state index is -1.24. The summed E-state index contributed by atoms with van der Waals surface area (Å²) in [4.78, 5) is 22.3. The minimum Gasteiger partial charge on any atom is -0.480 e. The van der Waals surface area contributed by atoms with Crippen molar-refractivity contribution in [1.29, 1.82) is 0 Å². The molecule has 1 amide bonds. The van der Waals surface area contributed by atoms with Gasteiger partial charge >= 0.3 is 5.97 Å². The van der Waals surface area contributed by atoms with Gasteiger partial charge < -0.3 is 15.5 Å². The van der Waals surface area contributed by atoms with Gasteiger partial charge in [-0.3, -0.25) is 4.79 Å². The summed E-state index contributed by atoms with van der Waals surface area (Å²) in [5.74, 6) is -2.41. The fourth-order valence-corrected chi connectivity index (χ4v) is 1.79. The monoisotopic (exact) mass is 345 g/mol. The molecular weight excluding hydrogens is 333 g/mol. The van der Waals surface area contributed by atoms with Crippen LogP contribution in [-0.4, -0.2) is 34.7 Å². The molecule has 0 spiro atoms. The molecule has 0 fully saturated rings. The van der Waals surface area contributed by atoms with Crippen LogP contribution in [0.1, 0.15) is 12.0 Å². The number of hydrogen-bond acceptors (Lipinski definition) is 3. The number of nitrogens with one attached hydrogen (secondary N) is 1. The van der Waals surface area contributed by atoms with Gasteiger partial charge in [0.05, 0.1) is 0 Å². The number of aliphatic hydroxyl groups excluding tert-OH is 1. The van der Waals surface area contributed by atoms with Crippen LogP contribution in [0.2, 0.25) is 0 Å². The number of carboxylic acids is 1. The summed E-state index contributed by atoms with van der Waals surface area (Å²) >= 11 is 3.18. The van der Waals surface area contributed by atoms with E-state index in [9.17, 15) is 14.0 Å². The van der Waals surface area contributed by atoms with Gasteiger partial charge in [-0.15, -0.1) is 0 Å². The van der Waals surface area contributed by atoms with Crippen molar-refractivity contribution in [2.45, 2.75) is 12.5 Å². The number of amides is 1. The average molecular weight is 346 g/mol. The Morgan fingerprint density at radius 2 is 2.15 bits per heavy atom. The second-order valence-corrected chi connectivity index (χ2v) is 4.83. The van der Waals surface area contributed by atoms with E-state index in [1.165, 1.54) is 24.3 Å². The largest absolute Gasteiger partial charge is 0.480 e. The maximum absolute atomic E-state index is 13.4. The molecule has 0 aliphatic rings. The van der Waals surface area contributed by atoms with Crippen molar-refractivity contribution in [2.75, 3.05) is 6.61 Å². The van der Waals surface area contributed by atoms with Crippen LogP contribution in [0, 0.1) is 5.82 Å². The summed E-state index contributed by atoms with van der Waals surface area (Å²) in [6.45, 7) is -0.360. The molecule has 0 bridgehead atoms. The molecule has 1 atom stereocenters. The van der Waals surface area contributed by atoms with Gasteiger partial charge in [-0.1, -0.05) is 15.9 Å². The number of carboxylic acid groups (broad SMARTS) is 1. The normalized spacial score (nSPS) is 12.3. The zero-order valence-corrected chi connectivity index (χ0v) is 11.9. The third kappa shape index (κ3) is 5.10. The maximum Gasteiger partial charge on any atom is 0.326 e. The van der Waals surface area contributed by atoms with Crippen LogP contribution in [0.3, 0.4) is 0 Å². The number of hydrogen-bond donors (Lipinski definition) is 3. The average Bonchev–Trinajstić information content (AvgIpc) is 2.39. The SMILES string of the molecule is O=C(/C=C/c1cc(Br)ccc1F)N[C@H](CCO)C(=O)O. The molecule has 108 valence electrons. The van der Waals surface area contributed by atoms with Crippen LogP contribution < -0.4 is 5.32 Å². The van der Waals surface area contributed by atoms with E-state index in [0.717, 1.165) is 6.08 Å². The Kier molecular flexibility index (Phi) is 6.33. The molecule has 0 aliphatic heterocycles. The summed E-state index contributed by atoms with van der Waals surface area (Å²) in [6, 6.07) is 3.08. The Hall–Kier alpha value is -1.73. The number of rotatable bonds is 6. The van der Waals surface area contributed by atoms with Gasteiger partial charge in [-0.2, -0.15) is 0 Å². The number of benzene rings is 1.